The average molecular weight is 235 g/mol. The number of likely N-dealkylation sites (N-methyl/N-ethyl adjacent to an activating group) is 1. The van der Waals surface area contributed by atoms with Gasteiger partial charge in [0.1, 0.15) is 0 Å². The van der Waals surface area contributed by atoms with Crippen LogP contribution in [0.1, 0.15) is 5.56 Å². The highest BCUT2D eigenvalue weighted by molar-refractivity contribution is 5.60. The normalized spacial score (nSPS) is 17.2. The maximum atomic E-state index is 4.91. The minimum atomic E-state index is 1.00. The molecule has 1 aliphatic rings. The summed E-state index contributed by atoms with van der Waals surface area (Å²) in [7, 11) is 3.81. The van der Waals surface area contributed by atoms with Gasteiger partial charge in [0.05, 0.1) is 12.8 Å². The van der Waals surface area contributed by atoms with E-state index in [4.69, 9.17) is 4.84 Å². The maximum absolute atomic E-state index is 4.91. The van der Waals surface area contributed by atoms with E-state index in [1.165, 1.54) is 11.3 Å². The van der Waals surface area contributed by atoms with Crippen molar-refractivity contribution >= 4 is 11.4 Å². The van der Waals surface area contributed by atoms with Gasteiger partial charge in [-0.05, 0) is 37.7 Å². The van der Waals surface area contributed by atoms with Crippen molar-refractivity contribution in [3.63, 3.8) is 0 Å². The molecule has 1 aromatic carbocycles. The second kappa shape index (κ2) is 5.38. The lowest BCUT2D eigenvalue weighted by molar-refractivity contribution is 0.271. The number of nitrogens with one attached hydrogen (secondary N) is 1. The Kier molecular flexibility index (Phi) is 3.86. The van der Waals surface area contributed by atoms with E-state index < -0.39 is 0 Å². The first-order valence-electron chi connectivity index (χ1n) is 6.04. The molecule has 1 heterocycles. The van der Waals surface area contributed by atoms with E-state index in [0.717, 1.165) is 31.9 Å². The summed E-state index contributed by atoms with van der Waals surface area (Å²) in [6.07, 6.45) is 0. The number of anilines is 2. The summed E-state index contributed by atoms with van der Waals surface area (Å²) in [6.45, 7) is 6.63. The van der Waals surface area contributed by atoms with E-state index in [0.29, 0.717) is 0 Å². The molecule has 0 bridgehead atoms. The van der Waals surface area contributed by atoms with Gasteiger partial charge in [-0.25, -0.2) is 0 Å². The van der Waals surface area contributed by atoms with Crippen LogP contribution >= 0.6 is 0 Å². The number of hydrogen-bond acceptors (Lipinski definition) is 4. The van der Waals surface area contributed by atoms with E-state index in [-0.39, 0.29) is 0 Å². The lowest BCUT2D eigenvalue weighted by Crippen LogP contribution is -2.44. The van der Waals surface area contributed by atoms with Crippen LogP contribution in [-0.2, 0) is 4.84 Å². The molecule has 0 radical (unpaired) electrons. The number of hydrogen-bond donors (Lipinski definition) is 1. The number of aryl methyl sites for hydroxylation is 1. The van der Waals surface area contributed by atoms with Gasteiger partial charge in [-0.2, -0.15) is 0 Å². The van der Waals surface area contributed by atoms with Gasteiger partial charge in [-0.15, -0.1) is 0 Å². The van der Waals surface area contributed by atoms with Gasteiger partial charge in [0.15, 0.2) is 0 Å². The van der Waals surface area contributed by atoms with Crippen molar-refractivity contribution in [1.29, 1.82) is 0 Å². The minimum absolute atomic E-state index is 1.00. The van der Waals surface area contributed by atoms with E-state index in [2.05, 4.69) is 47.5 Å². The van der Waals surface area contributed by atoms with Crippen LogP contribution in [0, 0.1) is 6.92 Å². The Morgan fingerprint density at radius 2 is 1.88 bits per heavy atom. The average Bonchev–Trinajstić information content (AvgIpc) is 2.31. The predicted octanol–water partition coefficient (Wildman–Crippen LogP) is 1.72. The lowest BCUT2D eigenvalue weighted by atomic mass is 10.1. The number of rotatable bonds is 3. The minimum Gasteiger partial charge on any atom is -0.369 e. The van der Waals surface area contributed by atoms with Crippen molar-refractivity contribution in [2.24, 2.45) is 0 Å². The summed E-state index contributed by atoms with van der Waals surface area (Å²) < 4.78 is 0. The van der Waals surface area contributed by atoms with Crippen molar-refractivity contribution in [2.45, 2.75) is 6.92 Å². The quantitative estimate of drug-likeness (QED) is 0.807. The predicted molar refractivity (Wildman–Crippen MR) is 71.5 cm³/mol. The van der Waals surface area contributed by atoms with E-state index >= 15 is 0 Å². The first kappa shape index (κ1) is 12.2. The molecule has 1 N–H and O–H groups in total. The fraction of sp³-hybridized carbons (Fsp3) is 0.538. The highest BCUT2D eigenvalue weighted by Gasteiger charge is 2.15. The van der Waals surface area contributed by atoms with Crippen LogP contribution in [0.5, 0.6) is 0 Å². The molecule has 17 heavy (non-hydrogen) atoms. The highest BCUT2D eigenvalue weighted by Crippen LogP contribution is 2.24. The van der Waals surface area contributed by atoms with Gasteiger partial charge < -0.3 is 9.80 Å². The van der Waals surface area contributed by atoms with Gasteiger partial charge in [0.25, 0.3) is 0 Å². The Morgan fingerprint density at radius 1 is 1.18 bits per heavy atom. The summed E-state index contributed by atoms with van der Waals surface area (Å²) in [5, 5.41) is 0. The van der Waals surface area contributed by atoms with Crippen molar-refractivity contribution in [3.05, 3.63) is 23.8 Å². The summed E-state index contributed by atoms with van der Waals surface area (Å²) >= 11 is 0. The summed E-state index contributed by atoms with van der Waals surface area (Å²) in [5.74, 6) is 0. The molecule has 1 saturated heterocycles. The molecule has 1 aromatic rings. The van der Waals surface area contributed by atoms with Gasteiger partial charge in [0, 0.05) is 31.9 Å². The molecular weight excluding hydrogens is 214 g/mol. The molecule has 1 aliphatic heterocycles. The molecule has 4 nitrogen and oxygen atoms in total. The van der Waals surface area contributed by atoms with E-state index in [1.807, 2.05) is 0 Å². The molecule has 94 valence electrons. The van der Waals surface area contributed by atoms with Crippen LogP contribution in [0.25, 0.3) is 0 Å². The molecule has 2 rings (SSSR count). The first-order chi connectivity index (χ1) is 8.20. The summed E-state index contributed by atoms with van der Waals surface area (Å²) in [5.41, 5.74) is 6.48. The van der Waals surface area contributed by atoms with Crippen LogP contribution in [-0.4, -0.2) is 45.2 Å². The SMILES string of the molecule is CONc1ccc(N2CCN(C)CC2)c(C)c1. The fourth-order valence-electron chi connectivity index (χ4n) is 2.24. The zero-order chi connectivity index (χ0) is 12.3. The Balaban J connectivity index is 2.10. The van der Waals surface area contributed by atoms with Gasteiger partial charge in [-0.1, -0.05) is 0 Å². The van der Waals surface area contributed by atoms with Gasteiger partial charge in [-0.3, -0.25) is 10.3 Å². The van der Waals surface area contributed by atoms with Crippen molar-refractivity contribution in [2.75, 3.05) is 50.7 Å². The summed E-state index contributed by atoms with van der Waals surface area (Å²) in [4.78, 5) is 9.73. The van der Waals surface area contributed by atoms with E-state index in [1.54, 1.807) is 7.11 Å². The monoisotopic (exact) mass is 235 g/mol. The fourth-order valence-corrected chi connectivity index (χ4v) is 2.24. The Labute approximate surface area is 103 Å². The third-order valence-corrected chi connectivity index (χ3v) is 3.26. The highest BCUT2D eigenvalue weighted by atomic mass is 16.6. The van der Waals surface area contributed by atoms with Crippen LogP contribution in [0.15, 0.2) is 18.2 Å². The van der Waals surface area contributed by atoms with Crippen LogP contribution in [0.4, 0.5) is 11.4 Å². The van der Waals surface area contributed by atoms with Gasteiger partial charge in [0.2, 0.25) is 0 Å². The standard InChI is InChI=1S/C13H21N3O/c1-11-10-12(14-17-3)4-5-13(11)16-8-6-15(2)7-9-16/h4-5,10,14H,6-9H2,1-3H3. The van der Waals surface area contributed by atoms with Crippen molar-refractivity contribution < 1.29 is 4.84 Å². The molecule has 0 amide bonds. The molecule has 0 saturated carbocycles. The number of nitrogens with zero attached hydrogens (tertiary/aromatic N) is 2. The summed E-state index contributed by atoms with van der Waals surface area (Å²) in [6, 6.07) is 6.35. The molecule has 0 spiro atoms. The first-order valence-corrected chi connectivity index (χ1v) is 6.04. The van der Waals surface area contributed by atoms with Gasteiger partial charge >= 0.3 is 0 Å². The third kappa shape index (κ3) is 2.90. The molecule has 0 unspecified atom stereocenters. The zero-order valence-corrected chi connectivity index (χ0v) is 10.9. The van der Waals surface area contributed by atoms with Crippen molar-refractivity contribution in [1.82, 2.24) is 4.90 Å². The molecule has 0 aliphatic carbocycles. The second-order valence-corrected chi connectivity index (χ2v) is 4.60. The Bertz CT molecular complexity index is 373. The van der Waals surface area contributed by atoms with Crippen LogP contribution in [0.3, 0.4) is 0 Å². The lowest BCUT2D eigenvalue weighted by Gasteiger charge is -2.35. The smallest absolute Gasteiger partial charge is 0.0636 e. The van der Waals surface area contributed by atoms with Crippen molar-refractivity contribution in [3.8, 4) is 0 Å². The number of piperazine rings is 1. The molecule has 0 atom stereocenters. The molecule has 1 fully saturated rings. The van der Waals surface area contributed by atoms with Crippen LogP contribution in [0.2, 0.25) is 0 Å². The van der Waals surface area contributed by atoms with E-state index in [9.17, 15) is 0 Å². The largest absolute Gasteiger partial charge is 0.369 e. The molecule has 4 heteroatoms. The maximum Gasteiger partial charge on any atom is 0.0636 e. The Hall–Kier alpha value is -1.26. The molecular formula is C13H21N3O. The number of benzene rings is 1. The van der Waals surface area contributed by atoms with Crippen LogP contribution < -0.4 is 10.4 Å². The topological polar surface area (TPSA) is 27.7 Å². The Morgan fingerprint density at radius 3 is 2.47 bits per heavy atom. The second-order valence-electron chi connectivity index (χ2n) is 4.60. The third-order valence-electron chi connectivity index (χ3n) is 3.26. The molecule has 0 aromatic heterocycles. The zero-order valence-electron chi connectivity index (χ0n) is 10.9.